The Morgan fingerprint density at radius 1 is 0.515 bits per heavy atom. The number of likely N-dealkylation sites (N-methyl/N-ethyl adjacent to an activating group) is 1. The van der Waals surface area contributed by atoms with Crippen molar-refractivity contribution in [3.63, 3.8) is 0 Å². The fourth-order valence-electron chi connectivity index (χ4n) is 7.55. The summed E-state index contributed by atoms with van der Waals surface area (Å²) in [5.74, 6) is -0.195. The van der Waals surface area contributed by atoms with Crippen LogP contribution in [0.15, 0.2) is 72.9 Å². The number of hydrogen-bond acceptors (Lipinski definition) is 5. The molecule has 0 aromatic heterocycles. The summed E-state index contributed by atoms with van der Waals surface area (Å²) in [6, 6.07) is -0.874. The summed E-state index contributed by atoms with van der Waals surface area (Å²) >= 11 is 0. The molecule has 0 aliphatic rings. The van der Waals surface area contributed by atoms with Crippen LogP contribution in [0.5, 0.6) is 0 Å². The van der Waals surface area contributed by atoms with Crippen LogP contribution in [0.2, 0.25) is 0 Å². The van der Waals surface area contributed by atoms with Gasteiger partial charge in [-0.05, 0) is 83.5 Å². The topological polar surface area (TPSA) is 105 Å². The van der Waals surface area contributed by atoms with Crippen molar-refractivity contribution in [2.75, 3.05) is 40.9 Å². The minimum Gasteiger partial charge on any atom is -0.387 e. The zero-order valence-electron chi connectivity index (χ0n) is 43.7. The SMILES string of the molecule is CCCCCCC/C=C\C/C=C\C/C=C\CCCCCCCCCCCCCCC(=O)NC(COP(=O)(O)OCC[N+](C)(C)C)C(O)/C=C/CC/C=C/CC/C=C/CCCCCCCCC. The summed E-state index contributed by atoms with van der Waals surface area (Å²) in [6.07, 6.45) is 65.6. The Morgan fingerprint density at radius 2 is 0.879 bits per heavy atom. The largest absolute Gasteiger partial charge is 0.472 e. The Balaban J connectivity index is 4.28. The summed E-state index contributed by atoms with van der Waals surface area (Å²) in [5.41, 5.74) is 0. The van der Waals surface area contributed by atoms with Gasteiger partial charge in [-0.15, -0.1) is 0 Å². The first kappa shape index (κ1) is 63.9. The van der Waals surface area contributed by atoms with E-state index in [9.17, 15) is 19.4 Å². The van der Waals surface area contributed by atoms with Crippen molar-refractivity contribution < 1.29 is 32.9 Å². The number of aliphatic hydroxyl groups excluding tert-OH is 1. The molecule has 0 aliphatic heterocycles. The van der Waals surface area contributed by atoms with Crippen LogP contribution in [0.3, 0.4) is 0 Å². The van der Waals surface area contributed by atoms with Gasteiger partial charge in [0, 0.05) is 6.42 Å². The molecule has 3 atom stereocenters. The van der Waals surface area contributed by atoms with Gasteiger partial charge in [0.1, 0.15) is 13.2 Å². The molecule has 0 aliphatic carbocycles. The maximum absolute atomic E-state index is 13.0. The van der Waals surface area contributed by atoms with E-state index in [1.807, 2.05) is 27.2 Å². The lowest BCUT2D eigenvalue weighted by atomic mass is 10.0. The van der Waals surface area contributed by atoms with Gasteiger partial charge in [0.05, 0.1) is 39.9 Å². The molecule has 66 heavy (non-hydrogen) atoms. The second kappa shape index (κ2) is 48.0. The number of unbranched alkanes of at least 4 members (excludes halogenated alkanes) is 26. The summed E-state index contributed by atoms with van der Waals surface area (Å²) in [5, 5.41) is 13.9. The highest BCUT2D eigenvalue weighted by atomic mass is 31.2. The van der Waals surface area contributed by atoms with Crippen molar-refractivity contribution >= 4 is 13.7 Å². The van der Waals surface area contributed by atoms with E-state index < -0.39 is 20.0 Å². The maximum atomic E-state index is 13.0. The second-order valence-corrected chi connectivity index (χ2v) is 21.0. The number of amides is 1. The lowest BCUT2D eigenvalue weighted by molar-refractivity contribution is -0.870. The third-order valence-corrected chi connectivity index (χ3v) is 12.9. The number of rotatable bonds is 49. The molecule has 0 saturated heterocycles. The zero-order valence-corrected chi connectivity index (χ0v) is 44.6. The summed E-state index contributed by atoms with van der Waals surface area (Å²) in [4.78, 5) is 23.2. The van der Waals surface area contributed by atoms with Crippen molar-refractivity contribution in [2.45, 2.75) is 244 Å². The van der Waals surface area contributed by atoms with Gasteiger partial charge < -0.3 is 19.8 Å². The van der Waals surface area contributed by atoms with Crippen molar-refractivity contribution in [1.29, 1.82) is 0 Å². The number of nitrogens with zero attached hydrogens (tertiary/aromatic N) is 1. The first-order valence-electron chi connectivity index (χ1n) is 27.3. The third kappa shape index (κ3) is 49.8. The number of phosphoric ester groups is 1. The van der Waals surface area contributed by atoms with Crippen LogP contribution >= 0.6 is 7.82 Å². The molecule has 384 valence electrons. The molecule has 0 radical (unpaired) electrons. The quantitative estimate of drug-likeness (QED) is 0.0243. The van der Waals surface area contributed by atoms with E-state index in [0.29, 0.717) is 17.4 Å². The van der Waals surface area contributed by atoms with E-state index in [0.717, 1.165) is 57.8 Å². The minimum absolute atomic E-state index is 0.0506. The third-order valence-electron chi connectivity index (χ3n) is 11.9. The van der Waals surface area contributed by atoms with Gasteiger partial charge in [-0.1, -0.05) is 215 Å². The molecule has 3 unspecified atom stereocenters. The molecule has 1 amide bonds. The number of quaternary nitrogens is 1. The molecule has 0 spiro atoms. The Bertz CT molecular complexity index is 1300. The zero-order chi connectivity index (χ0) is 48.5. The van der Waals surface area contributed by atoms with Crippen LogP contribution < -0.4 is 5.32 Å². The van der Waals surface area contributed by atoms with Gasteiger partial charge in [-0.3, -0.25) is 13.8 Å². The molecule has 0 fully saturated rings. The van der Waals surface area contributed by atoms with E-state index in [1.54, 1.807) is 6.08 Å². The van der Waals surface area contributed by atoms with Gasteiger partial charge in [0.25, 0.3) is 0 Å². The van der Waals surface area contributed by atoms with Crippen molar-refractivity contribution in [3.05, 3.63) is 72.9 Å². The van der Waals surface area contributed by atoms with E-state index in [2.05, 4.69) is 79.9 Å². The lowest BCUT2D eigenvalue weighted by Crippen LogP contribution is -2.45. The Hall–Kier alpha value is -2.06. The molecule has 0 aromatic rings. The molecule has 3 N–H and O–H groups in total. The van der Waals surface area contributed by atoms with Gasteiger partial charge in [0.15, 0.2) is 0 Å². The average molecular weight is 946 g/mol. The van der Waals surface area contributed by atoms with E-state index >= 15 is 0 Å². The van der Waals surface area contributed by atoms with Crippen LogP contribution in [-0.2, 0) is 18.4 Å². The first-order chi connectivity index (χ1) is 32.0. The highest BCUT2D eigenvalue weighted by molar-refractivity contribution is 7.47. The summed E-state index contributed by atoms with van der Waals surface area (Å²) in [7, 11) is 1.54. The number of allylic oxidation sites excluding steroid dienone is 11. The van der Waals surface area contributed by atoms with Crippen molar-refractivity contribution in [1.82, 2.24) is 5.32 Å². The Labute approximate surface area is 408 Å². The highest BCUT2D eigenvalue weighted by Crippen LogP contribution is 2.43. The van der Waals surface area contributed by atoms with E-state index in [1.165, 1.54) is 154 Å². The van der Waals surface area contributed by atoms with Crippen LogP contribution in [0.1, 0.15) is 232 Å². The molecule has 0 bridgehead atoms. The normalized spacial score (nSPS) is 14.6. The second-order valence-electron chi connectivity index (χ2n) is 19.6. The minimum atomic E-state index is -4.36. The van der Waals surface area contributed by atoms with E-state index in [-0.39, 0.29) is 19.1 Å². The number of carbonyl (C=O) groups excluding carboxylic acids is 1. The van der Waals surface area contributed by atoms with Crippen LogP contribution in [-0.4, -0.2) is 73.4 Å². The van der Waals surface area contributed by atoms with Gasteiger partial charge in [-0.25, -0.2) is 4.57 Å². The molecule has 8 nitrogen and oxygen atoms in total. The predicted octanol–water partition coefficient (Wildman–Crippen LogP) is 16.3. The van der Waals surface area contributed by atoms with Gasteiger partial charge >= 0.3 is 7.82 Å². The van der Waals surface area contributed by atoms with Gasteiger partial charge in [-0.2, -0.15) is 0 Å². The molecule has 0 aromatic carbocycles. The average Bonchev–Trinajstić information content (AvgIpc) is 3.28. The Morgan fingerprint density at radius 3 is 1.32 bits per heavy atom. The molecule has 9 heteroatoms. The van der Waals surface area contributed by atoms with Crippen molar-refractivity contribution in [2.24, 2.45) is 0 Å². The van der Waals surface area contributed by atoms with Gasteiger partial charge in [0.2, 0.25) is 5.91 Å². The van der Waals surface area contributed by atoms with Crippen LogP contribution in [0.25, 0.3) is 0 Å². The van der Waals surface area contributed by atoms with Crippen LogP contribution in [0.4, 0.5) is 0 Å². The lowest BCUT2D eigenvalue weighted by Gasteiger charge is -2.25. The molecule has 0 saturated carbocycles. The van der Waals surface area contributed by atoms with E-state index in [4.69, 9.17) is 9.05 Å². The standard InChI is InChI=1S/C57H105N2O6P/c1-6-8-10-12-14-16-18-20-22-24-25-26-27-28-29-30-31-32-33-35-37-39-41-43-45-47-49-51-57(61)58-55(54-65-66(62,63)64-53-52-59(3,4)5)56(60)50-48-46-44-42-40-38-36-34-23-21-19-17-15-13-11-9-7-2/h18,20,23-25,27-28,34,40,42,48,50,55-56,60H,6-17,19,21-22,26,29-33,35-39,41,43-47,49,51-54H2,1-5H3,(H-,58,61,62,63)/p+1/b20-18-,25-24-,28-27-,34-23+,42-40+,50-48+. The number of aliphatic hydroxyl groups is 1. The number of phosphoric acid groups is 1. The number of hydrogen-bond donors (Lipinski definition) is 3. The molecular formula is C57H106N2O6P+. The Kier molecular flexibility index (Phi) is 46.5. The smallest absolute Gasteiger partial charge is 0.387 e. The summed E-state index contributed by atoms with van der Waals surface area (Å²) < 4.78 is 23.6. The van der Waals surface area contributed by atoms with Crippen molar-refractivity contribution in [3.8, 4) is 0 Å². The maximum Gasteiger partial charge on any atom is 0.472 e. The highest BCUT2D eigenvalue weighted by Gasteiger charge is 2.27. The molecule has 0 heterocycles. The fraction of sp³-hybridized carbons (Fsp3) is 0.772. The fourth-order valence-corrected chi connectivity index (χ4v) is 8.29. The predicted molar refractivity (Wildman–Crippen MR) is 286 cm³/mol. The molecular weight excluding hydrogens is 840 g/mol. The number of carbonyl (C=O) groups is 1. The summed E-state index contributed by atoms with van der Waals surface area (Å²) in [6.45, 7) is 4.77. The van der Waals surface area contributed by atoms with Crippen LogP contribution in [0, 0.1) is 0 Å². The first-order valence-corrected chi connectivity index (χ1v) is 28.8. The monoisotopic (exact) mass is 946 g/mol. The molecule has 0 rings (SSSR count). The number of nitrogens with one attached hydrogen (secondary N) is 1.